The second-order valence-electron chi connectivity index (χ2n) is 5.90. The van der Waals surface area contributed by atoms with E-state index in [0.29, 0.717) is 6.29 Å². The Morgan fingerprint density at radius 2 is 1.27 bits per heavy atom. The summed E-state index contributed by atoms with van der Waals surface area (Å²) in [5.41, 5.74) is 0.754. The summed E-state index contributed by atoms with van der Waals surface area (Å²) in [5.74, 6) is -1.00. The molecule has 1 heterocycles. The fourth-order valence-electron chi connectivity index (χ4n) is 2.69. The van der Waals surface area contributed by atoms with Crippen LogP contribution in [-0.4, -0.2) is 24.0 Å². The molecule has 30 heavy (non-hydrogen) atoms. The second kappa shape index (κ2) is 8.05. The van der Waals surface area contributed by atoms with E-state index in [2.05, 4.69) is 14.5 Å². The maximum Gasteiger partial charge on any atom is 0.573 e. The number of benzene rings is 2. The molecule has 0 saturated heterocycles. The van der Waals surface area contributed by atoms with Gasteiger partial charge in [0.25, 0.3) is 0 Å². The Labute approximate surface area is 165 Å². The molecule has 0 unspecified atom stereocenters. The van der Waals surface area contributed by atoms with Gasteiger partial charge in [-0.15, -0.1) is 26.3 Å². The molecule has 0 atom stereocenters. The Balaban J connectivity index is 2.10. The predicted molar refractivity (Wildman–Crippen MR) is 93.9 cm³/mol. The van der Waals surface area contributed by atoms with Crippen molar-refractivity contribution in [3.63, 3.8) is 0 Å². The third-order valence-electron chi connectivity index (χ3n) is 3.76. The quantitative estimate of drug-likeness (QED) is 0.369. The number of nitrogens with zero attached hydrogens (tertiary/aromatic N) is 1. The average Bonchev–Trinajstić information content (AvgIpc) is 2.65. The fourth-order valence-corrected chi connectivity index (χ4v) is 2.69. The fraction of sp³-hybridized carbons (Fsp3) is 0.100. The molecule has 0 aliphatic carbocycles. The van der Waals surface area contributed by atoms with Crippen LogP contribution in [0.25, 0.3) is 22.4 Å². The normalized spacial score (nSPS) is 11.8. The van der Waals surface area contributed by atoms with Gasteiger partial charge in [0.1, 0.15) is 17.2 Å². The third kappa shape index (κ3) is 5.49. The number of aromatic nitrogens is 1. The van der Waals surface area contributed by atoms with E-state index >= 15 is 0 Å². The highest BCUT2D eigenvalue weighted by molar-refractivity contribution is 5.84. The van der Waals surface area contributed by atoms with Crippen molar-refractivity contribution in [2.45, 2.75) is 12.7 Å². The Hall–Kier alpha value is -3.56. The summed E-state index contributed by atoms with van der Waals surface area (Å²) < 4.78 is 82.9. The lowest BCUT2D eigenvalue weighted by Crippen LogP contribution is -2.17. The van der Waals surface area contributed by atoms with E-state index in [9.17, 15) is 31.1 Å². The number of carbonyl (C=O) groups is 1. The van der Waals surface area contributed by atoms with Crippen molar-refractivity contribution in [1.29, 1.82) is 0 Å². The van der Waals surface area contributed by atoms with Crippen molar-refractivity contribution in [3.8, 4) is 33.9 Å². The number of hydrogen-bond donors (Lipinski definition) is 0. The summed E-state index contributed by atoms with van der Waals surface area (Å²) in [6, 6.07) is 12.6. The molecule has 10 heteroatoms. The molecule has 2 aromatic carbocycles. The van der Waals surface area contributed by atoms with Crippen LogP contribution >= 0.6 is 0 Å². The molecule has 4 nitrogen and oxygen atoms in total. The minimum absolute atomic E-state index is 0.0152. The number of carbonyl (C=O) groups excluding carboxylic acids is 1. The zero-order chi connectivity index (χ0) is 21.9. The largest absolute Gasteiger partial charge is 0.573 e. The van der Waals surface area contributed by atoms with Gasteiger partial charge in [-0.1, -0.05) is 24.3 Å². The van der Waals surface area contributed by atoms with Crippen LogP contribution in [-0.2, 0) is 0 Å². The molecule has 156 valence electrons. The van der Waals surface area contributed by atoms with E-state index in [1.54, 1.807) is 0 Å². The first-order chi connectivity index (χ1) is 14.0. The van der Waals surface area contributed by atoms with Gasteiger partial charge in [-0.2, -0.15) is 0 Å². The van der Waals surface area contributed by atoms with Gasteiger partial charge in [0.15, 0.2) is 6.29 Å². The SMILES string of the molecule is O=Cc1ccc(-c2cccc(OC(F)(F)F)c2)c(-c2cccc(OC(F)(F)F)c2)n1. The van der Waals surface area contributed by atoms with E-state index in [0.717, 1.165) is 24.3 Å². The lowest BCUT2D eigenvalue weighted by atomic mass is 9.98. The maximum atomic E-state index is 12.5. The number of alkyl halides is 6. The standard InChI is InChI=1S/C20H11F6NO3/c21-19(22,23)29-15-5-1-3-12(9-15)17-8-7-14(11-28)27-18(17)13-4-2-6-16(10-13)30-20(24,25)26/h1-11H. The molecular weight excluding hydrogens is 416 g/mol. The van der Waals surface area contributed by atoms with E-state index in [4.69, 9.17) is 0 Å². The number of ether oxygens (including phenoxy) is 2. The minimum Gasteiger partial charge on any atom is -0.406 e. The van der Waals surface area contributed by atoms with Crippen molar-refractivity contribution in [2.75, 3.05) is 0 Å². The summed E-state index contributed by atoms with van der Waals surface area (Å²) in [4.78, 5) is 15.2. The zero-order valence-corrected chi connectivity index (χ0v) is 14.8. The van der Waals surface area contributed by atoms with Crippen molar-refractivity contribution >= 4 is 6.29 Å². The van der Waals surface area contributed by atoms with Crippen LogP contribution in [0.15, 0.2) is 60.7 Å². The molecule has 0 N–H and O–H groups in total. The van der Waals surface area contributed by atoms with Gasteiger partial charge in [0.2, 0.25) is 0 Å². The highest BCUT2D eigenvalue weighted by Gasteiger charge is 2.32. The summed E-state index contributed by atoms with van der Waals surface area (Å²) >= 11 is 0. The smallest absolute Gasteiger partial charge is 0.406 e. The van der Waals surface area contributed by atoms with Crippen molar-refractivity contribution in [1.82, 2.24) is 4.98 Å². The first kappa shape index (κ1) is 21.2. The molecule has 3 aromatic rings. The van der Waals surface area contributed by atoms with E-state index in [1.165, 1.54) is 36.4 Å². The van der Waals surface area contributed by atoms with E-state index in [-0.39, 0.29) is 28.1 Å². The number of pyridine rings is 1. The summed E-state index contributed by atoms with van der Waals surface area (Å²) in [5, 5.41) is 0. The van der Waals surface area contributed by atoms with Gasteiger partial charge < -0.3 is 9.47 Å². The summed E-state index contributed by atoms with van der Waals surface area (Å²) in [6.45, 7) is 0. The molecule has 0 amide bonds. The molecule has 0 aliphatic heterocycles. The number of aldehydes is 1. The highest BCUT2D eigenvalue weighted by atomic mass is 19.4. The maximum absolute atomic E-state index is 12.5. The van der Waals surface area contributed by atoms with Gasteiger partial charge in [-0.3, -0.25) is 4.79 Å². The first-order valence-corrected chi connectivity index (χ1v) is 8.23. The van der Waals surface area contributed by atoms with Crippen molar-refractivity contribution in [3.05, 3.63) is 66.4 Å². The topological polar surface area (TPSA) is 48.4 Å². The molecular formula is C20H11F6NO3. The molecule has 0 aliphatic rings. The summed E-state index contributed by atoms with van der Waals surface area (Å²) in [6.07, 6.45) is -9.38. The monoisotopic (exact) mass is 427 g/mol. The molecule has 1 aromatic heterocycles. The van der Waals surface area contributed by atoms with Gasteiger partial charge in [-0.25, -0.2) is 4.98 Å². The van der Waals surface area contributed by atoms with E-state index < -0.39 is 24.2 Å². The molecule has 3 rings (SSSR count). The Bertz CT molecular complexity index is 1060. The van der Waals surface area contributed by atoms with Gasteiger partial charge in [0, 0.05) is 11.1 Å². The highest BCUT2D eigenvalue weighted by Crippen LogP contribution is 2.35. The van der Waals surface area contributed by atoms with E-state index in [1.807, 2.05) is 0 Å². The number of hydrogen-bond acceptors (Lipinski definition) is 4. The Morgan fingerprint density at radius 1 is 0.733 bits per heavy atom. The van der Waals surface area contributed by atoms with Gasteiger partial charge in [-0.05, 0) is 42.0 Å². The zero-order valence-electron chi connectivity index (χ0n) is 14.8. The number of rotatable bonds is 5. The molecule has 0 fully saturated rings. The minimum atomic E-state index is -4.91. The number of halogens is 6. The van der Waals surface area contributed by atoms with Gasteiger partial charge in [0.05, 0.1) is 5.69 Å². The van der Waals surface area contributed by atoms with Crippen molar-refractivity contribution in [2.24, 2.45) is 0 Å². The Kier molecular flexibility index (Phi) is 5.68. The van der Waals surface area contributed by atoms with Crippen LogP contribution in [0.1, 0.15) is 10.5 Å². The van der Waals surface area contributed by atoms with Crippen LogP contribution < -0.4 is 9.47 Å². The molecule has 0 spiro atoms. The second-order valence-corrected chi connectivity index (χ2v) is 5.90. The van der Waals surface area contributed by atoms with Crippen LogP contribution in [0.4, 0.5) is 26.3 Å². The van der Waals surface area contributed by atoms with Gasteiger partial charge >= 0.3 is 12.7 Å². The molecule has 0 saturated carbocycles. The predicted octanol–water partition coefficient (Wildman–Crippen LogP) is 6.03. The first-order valence-electron chi connectivity index (χ1n) is 8.23. The molecule has 0 bridgehead atoms. The molecule has 0 radical (unpaired) electrons. The van der Waals surface area contributed by atoms with Crippen LogP contribution in [0.3, 0.4) is 0 Å². The van der Waals surface area contributed by atoms with Crippen LogP contribution in [0, 0.1) is 0 Å². The van der Waals surface area contributed by atoms with Crippen LogP contribution in [0.5, 0.6) is 11.5 Å². The third-order valence-corrected chi connectivity index (χ3v) is 3.76. The lowest BCUT2D eigenvalue weighted by molar-refractivity contribution is -0.275. The summed E-state index contributed by atoms with van der Waals surface area (Å²) in [7, 11) is 0. The average molecular weight is 427 g/mol. The lowest BCUT2D eigenvalue weighted by Gasteiger charge is -2.14. The Morgan fingerprint density at radius 3 is 1.80 bits per heavy atom. The van der Waals surface area contributed by atoms with Crippen LogP contribution in [0.2, 0.25) is 0 Å². The van der Waals surface area contributed by atoms with Crippen molar-refractivity contribution < 1.29 is 40.6 Å².